The van der Waals surface area contributed by atoms with E-state index in [4.69, 9.17) is 5.11 Å². The monoisotopic (exact) mass is 315 g/mol. The van der Waals surface area contributed by atoms with Gasteiger partial charge in [-0.2, -0.15) is 0 Å². The molecule has 116 valence electrons. The third-order valence-electron chi connectivity index (χ3n) is 3.44. The summed E-state index contributed by atoms with van der Waals surface area (Å²) < 4.78 is 0. The van der Waals surface area contributed by atoms with E-state index >= 15 is 0 Å². The summed E-state index contributed by atoms with van der Waals surface area (Å²) in [5.41, 5.74) is 1.01. The molecule has 0 aliphatic carbocycles. The van der Waals surface area contributed by atoms with Crippen molar-refractivity contribution in [3.8, 4) is 0 Å². The highest BCUT2D eigenvalue weighted by Gasteiger charge is 2.12. The lowest BCUT2D eigenvalue weighted by atomic mass is 10.00. The minimum absolute atomic E-state index is 0.0854. The van der Waals surface area contributed by atoms with Gasteiger partial charge in [-0.15, -0.1) is 11.3 Å². The van der Waals surface area contributed by atoms with Crippen molar-refractivity contribution >= 4 is 23.3 Å². The summed E-state index contributed by atoms with van der Waals surface area (Å²) in [5.74, 6) is 0.223. The molecule has 2 aromatic rings. The van der Waals surface area contributed by atoms with E-state index in [0.29, 0.717) is 12.5 Å². The lowest BCUT2D eigenvalue weighted by Crippen LogP contribution is -2.23. The van der Waals surface area contributed by atoms with E-state index in [1.165, 1.54) is 4.88 Å². The van der Waals surface area contributed by atoms with Crippen molar-refractivity contribution in [1.29, 1.82) is 0 Å². The van der Waals surface area contributed by atoms with Crippen LogP contribution in [0.2, 0.25) is 0 Å². The van der Waals surface area contributed by atoms with E-state index < -0.39 is 0 Å². The molecule has 1 aromatic carbocycles. The van der Waals surface area contributed by atoms with Gasteiger partial charge < -0.3 is 10.4 Å². The number of thiophene rings is 1. The number of benzene rings is 1. The van der Waals surface area contributed by atoms with Crippen LogP contribution >= 0.6 is 11.3 Å². The molecule has 0 aliphatic rings. The maximum absolute atomic E-state index is 11.8. The fraction of sp³-hybridized carbons (Fsp3) is 0.278. The number of rotatable bonds is 8. The summed E-state index contributed by atoms with van der Waals surface area (Å²) >= 11 is 1.70. The van der Waals surface area contributed by atoms with Crippen LogP contribution in [0.3, 0.4) is 0 Å². The SMILES string of the molecule is O=C(/C=C/c1ccccc1)NCC[C@@H](CCO)c1cccs1. The minimum Gasteiger partial charge on any atom is -0.396 e. The predicted molar refractivity (Wildman–Crippen MR) is 91.9 cm³/mol. The van der Waals surface area contributed by atoms with Crippen LogP contribution in [-0.4, -0.2) is 24.2 Å². The number of nitrogens with one attached hydrogen (secondary N) is 1. The Balaban J connectivity index is 1.77. The fourth-order valence-electron chi connectivity index (χ4n) is 2.27. The Morgan fingerprint density at radius 2 is 2.00 bits per heavy atom. The molecule has 1 aromatic heterocycles. The van der Waals surface area contributed by atoms with Crippen LogP contribution in [0.1, 0.15) is 29.2 Å². The molecule has 0 saturated carbocycles. The number of carbonyl (C=O) groups excluding carboxylic acids is 1. The Morgan fingerprint density at radius 1 is 1.18 bits per heavy atom. The Hall–Kier alpha value is -1.91. The molecule has 1 heterocycles. The molecule has 22 heavy (non-hydrogen) atoms. The Morgan fingerprint density at radius 3 is 2.68 bits per heavy atom. The predicted octanol–water partition coefficient (Wildman–Crippen LogP) is 3.43. The van der Waals surface area contributed by atoms with Crippen LogP contribution < -0.4 is 5.32 Å². The van der Waals surface area contributed by atoms with Crippen LogP contribution in [0.5, 0.6) is 0 Å². The van der Waals surface area contributed by atoms with Crippen molar-refractivity contribution in [2.75, 3.05) is 13.2 Å². The highest BCUT2D eigenvalue weighted by atomic mass is 32.1. The summed E-state index contributed by atoms with van der Waals surface area (Å²) in [6, 6.07) is 13.9. The third-order valence-corrected chi connectivity index (χ3v) is 4.48. The Labute approximate surface area is 135 Å². The first-order chi connectivity index (χ1) is 10.8. The van der Waals surface area contributed by atoms with Gasteiger partial charge in [-0.3, -0.25) is 4.79 Å². The van der Waals surface area contributed by atoms with Crippen LogP contribution in [0, 0.1) is 0 Å². The molecule has 2 N–H and O–H groups in total. The van der Waals surface area contributed by atoms with Gasteiger partial charge in [0.05, 0.1) is 0 Å². The zero-order valence-corrected chi connectivity index (χ0v) is 13.3. The number of amides is 1. The van der Waals surface area contributed by atoms with Gasteiger partial charge in [0.25, 0.3) is 0 Å². The highest BCUT2D eigenvalue weighted by molar-refractivity contribution is 7.10. The molecule has 1 atom stereocenters. The number of aliphatic hydroxyl groups is 1. The van der Waals surface area contributed by atoms with Gasteiger partial charge >= 0.3 is 0 Å². The number of carbonyl (C=O) groups is 1. The first-order valence-corrected chi connectivity index (χ1v) is 8.33. The lowest BCUT2D eigenvalue weighted by molar-refractivity contribution is -0.116. The molecule has 1 amide bonds. The van der Waals surface area contributed by atoms with Gasteiger partial charge in [0.15, 0.2) is 0 Å². The minimum atomic E-state index is -0.0854. The highest BCUT2D eigenvalue weighted by Crippen LogP contribution is 2.26. The van der Waals surface area contributed by atoms with E-state index in [-0.39, 0.29) is 12.5 Å². The quantitative estimate of drug-likeness (QED) is 0.733. The van der Waals surface area contributed by atoms with Crippen LogP contribution in [0.25, 0.3) is 6.08 Å². The van der Waals surface area contributed by atoms with Crippen LogP contribution in [-0.2, 0) is 4.79 Å². The second-order valence-electron chi connectivity index (χ2n) is 5.05. The van der Waals surface area contributed by atoms with E-state index in [0.717, 1.165) is 18.4 Å². The zero-order valence-electron chi connectivity index (χ0n) is 12.4. The molecular weight excluding hydrogens is 294 g/mol. The molecule has 0 radical (unpaired) electrons. The number of aliphatic hydroxyl groups excluding tert-OH is 1. The second kappa shape index (κ2) is 9.18. The normalized spacial score (nSPS) is 12.4. The average Bonchev–Trinajstić information content (AvgIpc) is 3.07. The van der Waals surface area contributed by atoms with Crippen molar-refractivity contribution < 1.29 is 9.90 Å². The van der Waals surface area contributed by atoms with Crippen molar-refractivity contribution in [3.63, 3.8) is 0 Å². The Kier molecular flexibility index (Phi) is 6.87. The van der Waals surface area contributed by atoms with E-state index in [1.54, 1.807) is 23.5 Å². The third kappa shape index (κ3) is 5.47. The molecule has 0 aliphatic heterocycles. The number of hydrogen-bond donors (Lipinski definition) is 2. The van der Waals surface area contributed by atoms with Gasteiger partial charge in [0.2, 0.25) is 5.91 Å². The molecule has 3 nitrogen and oxygen atoms in total. The molecule has 0 spiro atoms. The molecule has 0 bridgehead atoms. The average molecular weight is 315 g/mol. The first-order valence-electron chi connectivity index (χ1n) is 7.45. The lowest BCUT2D eigenvalue weighted by Gasteiger charge is -2.14. The summed E-state index contributed by atoms with van der Waals surface area (Å²) in [7, 11) is 0. The molecular formula is C18H21NO2S. The molecule has 2 rings (SSSR count). The molecule has 0 saturated heterocycles. The smallest absolute Gasteiger partial charge is 0.243 e. The van der Waals surface area contributed by atoms with Crippen LogP contribution in [0.4, 0.5) is 0 Å². The summed E-state index contributed by atoms with van der Waals surface area (Å²) in [4.78, 5) is 13.1. The van der Waals surface area contributed by atoms with Gasteiger partial charge in [-0.25, -0.2) is 0 Å². The summed E-state index contributed by atoms with van der Waals surface area (Å²) in [6.45, 7) is 0.783. The molecule has 4 heteroatoms. The standard InChI is InChI=1S/C18H21NO2S/c20-13-11-16(17-7-4-14-22-17)10-12-19-18(21)9-8-15-5-2-1-3-6-15/h1-9,14,16,20H,10-13H2,(H,19,21)/b9-8+/t16-/m0/s1. The van der Waals surface area contributed by atoms with Crippen molar-refractivity contribution in [1.82, 2.24) is 5.32 Å². The van der Waals surface area contributed by atoms with Gasteiger partial charge in [0.1, 0.15) is 0 Å². The van der Waals surface area contributed by atoms with Crippen molar-refractivity contribution in [2.24, 2.45) is 0 Å². The Bertz CT molecular complexity index is 578. The summed E-state index contributed by atoms with van der Waals surface area (Å²) in [5, 5.41) is 14.1. The zero-order chi connectivity index (χ0) is 15.6. The molecule has 0 fully saturated rings. The fourth-order valence-corrected chi connectivity index (χ4v) is 3.17. The maximum atomic E-state index is 11.8. The second-order valence-corrected chi connectivity index (χ2v) is 6.03. The van der Waals surface area contributed by atoms with E-state index in [9.17, 15) is 4.79 Å². The molecule has 0 unspecified atom stereocenters. The number of hydrogen-bond acceptors (Lipinski definition) is 3. The van der Waals surface area contributed by atoms with E-state index in [2.05, 4.69) is 11.4 Å². The van der Waals surface area contributed by atoms with E-state index in [1.807, 2.05) is 41.8 Å². The summed E-state index contributed by atoms with van der Waals surface area (Å²) in [6.07, 6.45) is 4.93. The van der Waals surface area contributed by atoms with Crippen molar-refractivity contribution in [2.45, 2.75) is 18.8 Å². The largest absolute Gasteiger partial charge is 0.396 e. The van der Waals surface area contributed by atoms with Gasteiger partial charge in [-0.1, -0.05) is 36.4 Å². The van der Waals surface area contributed by atoms with Gasteiger partial charge in [0, 0.05) is 24.1 Å². The first kappa shape index (κ1) is 16.5. The van der Waals surface area contributed by atoms with Crippen LogP contribution in [0.15, 0.2) is 53.9 Å². The van der Waals surface area contributed by atoms with Gasteiger partial charge in [-0.05, 0) is 41.8 Å². The topological polar surface area (TPSA) is 49.3 Å². The van der Waals surface area contributed by atoms with Crippen molar-refractivity contribution in [3.05, 3.63) is 64.4 Å². The maximum Gasteiger partial charge on any atom is 0.243 e.